The Morgan fingerprint density at radius 3 is 1.82 bits per heavy atom. The Kier molecular flexibility index (Phi) is 35.0. The first-order chi connectivity index (χ1) is 3.89. The molecule has 3 heteroatoms. The summed E-state index contributed by atoms with van der Waals surface area (Å²) in [7, 11) is 0. The van der Waals surface area contributed by atoms with E-state index in [4.69, 9.17) is 0 Å². The molecule has 1 aliphatic rings. The minimum Gasteiger partial charge on any atom is -0.273 e. The van der Waals surface area contributed by atoms with E-state index in [1.807, 2.05) is 19.9 Å². The van der Waals surface area contributed by atoms with Crippen molar-refractivity contribution in [1.29, 1.82) is 0 Å². The number of rotatable bonds is 0. The van der Waals surface area contributed by atoms with Gasteiger partial charge in [0, 0.05) is 21.7 Å². The molecule has 11 heavy (non-hydrogen) atoms. The number of allylic oxidation sites excluding steroid dienone is 4. The minimum atomic E-state index is 0. The van der Waals surface area contributed by atoms with Gasteiger partial charge >= 0.3 is 0 Å². The number of hydrogen-bond acceptors (Lipinski definition) is 0. The van der Waals surface area contributed by atoms with Crippen LogP contribution in [0, 0.1) is 6.08 Å². The summed E-state index contributed by atoms with van der Waals surface area (Å²) in [6.45, 7) is 6.08. The fourth-order valence-electron chi connectivity index (χ4n) is 0.499. The van der Waals surface area contributed by atoms with Gasteiger partial charge in [0.1, 0.15) is 0 Å². The molecular weight excluding hydrogens is 215 g/mol. The Hall–Kier alpha value is 0.774. The average Bonchev–Trinajstić information content (AvgIpc) is 2.24. The Morgan fingerprint density at radius 2 is 1.73 bits per heavy atom. The molecule has 0 aromatic rings. The van der Waals surface area contributed by atoms with Gasteiger partial charge in [0.05, 0.1) is 0 Å². The maximum atomic E-state index is 3.05. The second-order valence-electron chi connectivity index (χ2n) is 1.50. The molecule has 0 aliphatic heterocycles. The van der Waals surface area contributed by atoms with Crippen LogP contribution < -0.4 is 0 Å². The van der Waals surface area contributed by atoms with E-state index in [1.165, 1.54) is 5.57 Å². The molecule has 0 aromatic carbocycles. The normalized spacial score (nSPS) is 10.6. The summed E-state index contributed by atoms with van der Waals surface area (Å²) in [6.07, 6.45) is 8.24. The third-order valence-corrected chi connectivity index (χ3v) is 0.872. The van der Waals surface area contributed by atoms with Gasteiger partial charge in [-0.1, -0.05) is 13.8 Å². The summed E-state index contributed by atoms with van der Waals surface area (Å²) in [4.78, 5) is 0. The summed E-state index contributed by atoms with van der Waals surface area (Å²) in [6, 6.07) is 0. The van der Waals surface area contributed by atoms with E-state index in [2.05, 4.69) is 19.1 Å². The second-order valence-corrected chi connectivity index (χ2v) is 1.50. The van der Waals surface area contributed by atoms with Gasteiger partial charge < -0.3 is 0 Å². The van der Waals surface area contributed by atoms with Crippen LogP contribution in [0.3, 0.4) is 0 Å². The van der Waals surface area contributed by atoms with E-state index in [0.29, 0.717) is 0 Å². The maximum absolute atomic E-state index is 3.05. The Bertz CT molecular complexity index is 106. The zero-order valence-corrected chi connectivity index (χ0v) is 10.4. The van der Waals surface area contributed by atoms with Crippen molar-refractivity contribution in [2.24, 2.45) is 0 Å². The molecule has 0 fully saturated rings. The molecule has 0 saturated heterocycles. The molecule has 0 N–H and O–H groups in total. The molecule has 66 valence electrons. The molecule has 0 spiro atoms. The SMILES string of the molecule is CC.CC1=CC[C-]=C1.Cl.Cl.[Ti]. The van der Waals surface area contributed by atoms with Crippen molar-refractivity contribution in [3.8, 4) is 0 Å². The quantitative estimate of drug-likeness (QED) is 0.440. The molecule has 0 bridgehead atoms. The third kappa shape index (κ3) is 13.7. The van der Waals surface area contributed by atoms with Crippen LogP contribution in [0.4, 0.5) is 0 Å². The maximum Gasteiger partial charge on any atom is 0 e. The van der Waals surface area contributed by atoms with Crippen molar-refractivity contribution >= 4 is 24.8 Å². The minimum absolute atomic E-state index is 0. The van der Waals surface area contributed by atoms with E-state index in [0.717, 1.165) is 6.42 Å². The van der Waals surface area contributed by atoms with Crippen LogP contribution in [0.1, 0.15) is 27.2 Å². The smallest absolute Gasteiger partial charge is 0 e. The van der Waals surface area contributed by atoms with Gasteiger partial charge in [-0.2, -0.15) is 6.08 Å². The van der Waals surface area contributed by atoms with Crippen LogP contribution in [0.2, 0.25) is 0 Å². The monoisotopic (exact) mass is 229 g/mol. The van der Waals surface area contributed by atoms with Gasteiger partial charge in [0.15, 0.2) is 0 Å². The van der Waals surface area contributed by atoms with Crippen LogP contribution in [0.25, 0.3) is 0 Å². The van der Waals surface area contributed by atoms with Crippen molar-refractivity contribution in [3.63, 3.8) is 0 Å². The molecule has 0 saturated carbocycles. The van der Waals surface area contributed by atoms with Gasteiger partial charge in [-0.3, -0.25) is 6.08 Å². The van der Waals surface area contributed by atoms with E-state index in [-0.39, 0.29) is 46.5 Å². The molecule has 1 rings (SSSR count). The molecule has 0 atom stereocenters. The van der Waals surface area contributed by atoms with Crippen LogP contribution in [-0.2, 0) is 21.7 Å². The summed E-state index contributed by atoms with van der Waals surface area (Å²) >= 11 is 0. The molecule has 0 nitrogen and oxygen atoms in total. The molecule has 0 radical (unpaired) electrons. The van der Waals surface area contributed by atoms with E-state index >= 15 is 0 Å². The zero-order chi connectivity index (χ0) is 6.41. The molecule has 1 aliphatic carbocycles. The van der Waals surface area contributed by atoms with Gasteiger partial charge in [-0.15, -0.1) is 38.2 Å². The van der Waals surface area contributed by atoms with E-state index < -0.39 is 0 Å². The predicted molar refractivity (Wildman–Crippen MR) is 52.0 cm³/mol. The summed E-state index contributed by atoms with van der Waals surface area (Å²) in [5, 5.41) is 0. The van der Waals surface area contributed by atoms with Crippen LogP contribution in [0.15, 0.2) is 17.7 Å². The van der Waals surface area contributed by atoms with Crippen molar-refractivity contribution < 1.29 is 21.7 Å². The van der Waals surface area contributed by atoms with Gasteiger partial charge in [-0.25, -0.2) is 11.6 Å². The fourth-order valence-corrected chi connectivity index (χ4v) is 0.499. The summed E-state index contributed by atoms with van der Waals surface area (Å²) in [5.41, 5.74) is 1.34. The van der Waals surface area contributed by atoms with Crippen molar-refractivity contribution in [1.82, 2.24) is 0 Å². The molecule has 0 aromatic heterocycles. The summed E-state index contributed by atoms with van der Waals surface area (Å²) in [5.74, 6) is 0. The van der Waals surface area contributed by atoms with Gasteiger partial charge in [-0.05, 0) is 0 Å². The topological polar surface area (TPSA) is 0 Å². The predicted octanol–water partition coefficient (Wildman–Crippen LogP) is 3.56. The third-order valence-electron chi connectivity index (χ3n) is 0.872. The van der Waals surface area contributed by atoms with Crippen LogP contribution >= 0.6 is 24.8 Å². The first-order valence-corrected chi connectivity index (χ1v) is 3.13. The Balaban J connectivity index is -0.0000000459. The zero-order valence-electron chi connectivity index (χ0n) is 7.18. The number of halogens is 2. The van der Waals surface area contributed by atoms with Crippen molar-refractivity contribution in [3.05, 3.63) is 23.8 Å². The van der Waals surface area contributed by atoms with Crippen molar-refractivity contribution in [2.45, 2.75) is 27.2 Å². The van der Waals surface area contributed by atoms with Crippen LogP contribution in [0.5, 0.6) is 0 Å². The van der Waals surface area contributed by atoms with Crippen LogP contribution in [-0.4, -0.2) is 0 Å². The van der Waals surface area contributed by atoms with Crippen molar-refractivity contribution in [2.75, 3.05) is 0 Å². The molecule has 0 heterocycles. The van der Waals surface area contributed by atoms with Gasteiger partial charge in [0.2, 0.25) is 0 Å². The second kappa shape index (κ2) is 17.0. The first-order valence-electron chi connectivity index (χ1n) is 3.13. The van der Waals surface area contributed by atoms with E-state index in [1.54, 1.807) is 0 Å². The molecule has 0 amide bonds. The number of hydrogen-bond donors (Lipinski definition) is 0. The first kappa shape index (κ1) is 22.6. The van der Waals surface area contributed by atoms with Gasteiger partial charge in [0.25, 0.3) is 0 Å². The molecular formula is C8H15Cl2Ti-. The Labute approximate surface area is 97.2 Å². The average molecular weight is 230 g/mol. The fraction of sp³-hybridized carbons (Fsp3) is 0.500. The Morgan fingerprint density at radius 1 is 1.27 bits per heavy atom. The standard InChI is InChI=1S/C6H7.C2H6.2ClH.Ti/c1-6-4-2-3-5-6;1-2;;;/h4-5H,2H2,1H3;1-2H3;2*1H;/q-1;;;;. The largest absolute Gasteiger partial charge is 0.273 e. The van der Waals surface area contributed by atoms with E-state index in [9.17, 15) is 0 Å². The molecule has 0 unspecified atom stereocenters. The summed E-state index contributed by atoms with van der Waals surface area (Å²) < 4.78 is 0.